The van der Waals surface area contributed by atoms with Crippen molar-refractivity contribution in [3.63, 3.8) is 0 Å². The molecule has 0 fully saturated rings. The van der Waals surface area contributed by atoms with Crippen LogP contribution in [0.2, 0.25) is 0 Å². The zero-order chi connectivity index (χ0) is 13.7. The van der Waals surface area contributed by atoms with Gasteiger partial charge in [-0.3, -0.25) is 0 Å². The van der Waals surface area contributed by atoms with Crippen molar-refractivity contribution in [3.05, 3.63) is 53.6 Å². The lowest BCUT2D eigenvalue weighted by Crippen LogP contribution is -2.29. The molecule has 6 nitrogen and oxygen atoms in total. The molecule has 0 aliphatic rings. The minimum Gasteiger partial charge on any atom is -0.465 e. The van der Waals surface area contributed by atoms with Gasteiger partial charge >= 0.3 is 6.09 Å². The number of hydrogen-bond donors (Lipinski definition) is 3. The molecule has 2 aromatic rings. The molecule has 0 saturated carbocycles. The first-order valence-electron chi connectivity index (χ1n) is 5.67. The van der Waals surface area contributed by atoms with Gasteiger partial charge in [0.05, 0.1) is 17.7 Å². The number of nitriles is 1. The number of rotatable bonds is 4. The maximum absolute atomic E-state index is 10.8. The first-order valence-corrected chi connectivity index (χ1v) is 5.67. The molecule has 0 spiro atoms. The van der Waals surface area contributed by atoms with E-state index in [1.54, 1.807) is 36.7 Å². The highest BCUT2D eigenvalue weighted by atomic mass is 16.4. The Morgan fingerprint density at radius 2 is 2.21 bits per heavy atom. The number of nitrogens with zero attached hydrogens (tertiary/aromatic N) is 2. The van der Waals surface area contributed by atoms with Crippen LogP contribution < -0.4 is 5.32 Å². The van der Waals surface area contributed by atoms with Gasteiger partial charge in [-0.15, -0.1) is 0 Å². The highest BCUT2D eigenvalue weighted by molar-refractivity contribution is 5.65. The molecule has 0 aliphatic heterocycles. The van der Waals surface area contributed by atoms with Crippen LogP contribution in [0.4, 0.5) is 4.79 Å². The number of hydrogen-bond acceptors (Lipinski definition) is 3. The standard InChI is InChI=1S/C13H12N4O2/c14-8-10-3-1-9(2-4-10)7-11(17-13(18)19)12-15-5-6-16-12/h1-6,11,17H,7H2,(H,15,16)(H,18,19). The van der Waals surface area contributed by atoms with Gasteiger partial charge in [0.25, 0.3) is 0 Å². The van der Waals surface area contributed by atoms with Gasteiger partial charge in [-0.25, -0.2) is 9.78 Å². The summed E-state index contributed by atoms with van der Waals surface area (Å²) in [4.78, 5) is 17.8. The predicted molar refractivity (Wildman–Crippen MR) is 67.4 cm³/mol. The van der Waals surface area contributed by atoms with E-state index in [4.69, 9.17) is 10.4 Å². The Morgan fingerprint density at radius 1 is 1.47 bits per heavy atom. The lowest BCUT2D eigenvalue weighted by Gasteiger charge is -2.14. The fraction of sp³-hybridized carbons (Fsp3) is 0.154. The van der Waals surface area contributed by atoms with Crippen LogP contribution in [0.25, 0.3) is 0 Å². The number of benzene rings is 1. The molecule has 3 N–H and O–H groups in total. The molecule has 1 aromatic carbocycles. The lowest BCUT2D eigenvalue weighted by atomic mass is 10.0. The minimum atomic E-state index is -1.10. The second-order valence-corrected chi connectivity index (χ2v) is 3.99. The van der Waals surface area contributed by atoms with Crippen LogP contribution in [-0.4, -0.2) is 21.2 Å². The van der Waals surface area contributed by atoms with Crippen molar-refractivity contribution in [1.82, 2.24) is 15.3 Å². The predicted octanol–water partition coefficient (Wildman–Crippen LogP) is 1.83. The molecule has 1 atom stereocenters. The number of imidazole rings is 1. The molecule has 0 radical (unpaired) electrons. The molecule has 6 heteroatoms. The molecule has 0 bridgehead atoms. The Hall–Kier alpha value is -2.81. The Balaban J connectivity index is 2.15. The summed E-state index contributed by atoms with van der Waals surface area (Å²) in [5.74, 6) is 0.562. The largest absolute Gasteiger partial charge is 0.465 e. The van der Waals surface area contributed by atoms with Crippen molar-refractivity contribution in [2.24, 2.45) is 0 Å². The maximum Gasteiger partial charge on any atom is 0.405 e. The molecule has 1 heterocycles. The van der Waals surface area contributed by atoms with E-state index in [0.29, 0.717) is 17.8 Å². The fourth-order valence-electron chi connectivity index (χ4n) is 1.78. The molecule has 19 heavy (non-hydrogen) atoms. The van der Waals surface area contributed by atoms with Gasteiger partial charge in [0, 0.05) is 18.8 Å². The van der Waals surface area contributed by atoms with Gasteiger partial charge in [0.2, 0.25) is 0 Å². The molecule has 2 rings (SSSR count). The van der Waals surface area contributed by atoms with Crippen LogP contribution >= 0.6 is 0 Å². The van der Waals surface area contributed by atoms with E-state index in [2.05, 4.69) is 15.3 Å². The Morgan fingerprint density at radius 3 is 2.74 bits per heavy atom. The lowest BCUT2D eigenvalue weighted by molar-refractivity contribution is 0.189. The molecule has 1 unspecified atom stereocenters. The number of nitrogens with one attached hydrogen (secondary N) is 2. The van der Waals surface area contributed by atoms with E-state index in [1.165, 1.54) is 0 Å². The van der Waals surface area contributed by atoms with E-state index in [9.17, 15) is 4.79 Å². The van der Waals surface area contributed by atoms with Crippen molar-refractivity contribution in [1.29, 1.82) is 5.26 Å². The number of aromatic nitrogens is 2. The molecular weight excluding hydrogens is 244 g/mol. The Labute approximate surface area is 109 Å². The quantitative estimate of drug-likeness (QED) is 0.776. The first-order chi connectivity index (χ1) is 9.19. The van der Waals surface area contributed by atoms with Crippen LogP contribution in [0.1, 0.15) is 23.0 Å². The van der Waals surface area contributed by atoms with Gasteiger partial charge in [0.1, 0.15) is 5.82 Å². The third-order valence-corrected chi connectivity index (χ3v) is 2.67. The number of amides is 1. The summed E-state index contributed by atoms with van der Waals surface area (Å²) < 4.78 is 0. The van der Waals surface area contributed by atoms with Crippen LogP contribution in [0.3, 0.4) is 0 Å². The SMILES string of the molecule is N#Cc1ccc(CC(NC(=O)O)c2ncc[nH]2)cc1. The second kappa shape index (κ2) is 5.69. The minimum absolute atomic E-state index is 0.444. The summed E-state index contributed by atoms with van der Waals surface area (Å²) in [6.45, 7) is 0. The summed E-state index contributed by atoms with van der Waals surface area (Å²) in [6.07, 6.45) is 2.58. The van der Waals surface area contributed by atoms with Crippen molar-refractivity contribution in [3.8, 4) is 6.07 Å². The van der Waals surface area contributed by atoms with Crippen LogP contribution in [0.5, 0.6) is 0 Å². The molecule has 0 aliphatic carbocycles. The highest BCUT2D eigenvalue weighted by Gasteiger charge is 2.16. The maximum atomic E-state index is 10.8. The molecule has 1 aromatic heterocycles. The molecular formula is C13H12N4O2. The van der Waals surface area contributed by atoms with Gasteiger partial charge in [-0.1, -0.05) is 12.1 Å². The number of aromatic amines is 1. The average molecular weight is 256 g/mol. The van der Waals surface area contributed by atoms with E-state index in [-0.39, 0.29) is 0 Å². The third-order valence-electron chi connectivity index (χ3n) is 2.67. The van der Waals surface area contributed by atoms with Crippen LogP contribution in [0, 0.1) is 11.3 Å². The zero-order valence-electron chi connectivity index (χ0n) is 10.00. The van der Waals surface area contributed by atoms with Gasteiger partial charge in [0.15, 0.2) is 0 Å². The zero-order valence-corrected chi connectivity index (χ0v) is 10.00. The molecule has 96 valence electrons. The highest BCUT2D eigenvalue weighted by Crippen LogP contribution is 2.15. The fourth-order valence-corrected chi connectivity index (χ4v) is 1.78. The Bertz CT molecular complexity index is 584. The van der Waals surface area contributed by atoms with Crippen molar-refractivity contribution >= 4 is 6.09 Å². The van der Waals surface area contributed by atoms with Crippen LogP contribution in [0.15, 0.2) is 36.7 Å². The normalized spacial score (nSPS) is 11.5. The van der Waals surface area contributed by atoms with E-state index in [0.717, 1.165) is 5.56 Å². The molecule has 1 amide bonds. The number of carbonyl (C=O) groups is 1. The van der Waals surface area contributed by atoms with Gasteiger partial charge in [-0.2, -0.15) is 5.26 Å². The number of carboxylic acid groups (broad SMARTS) is 1. The van der Waals surface area contributed by atoms with E-state index >= 15 is 0 Å². The first kappa shape index (κ1) is 12.6. The monoisotopic (exact) mass is 256 g/mol. The van der Waals surface area contributed by atoms with Crippen molar-refractivity contribution < 1.29 is 9.90 Å². The summed E-state index contributed by atoms with van der Waals surface area (Å²) >= 11 is 0. The summed E-state index contributed by atoms with van der Waals surface area (Å²) in [6, 6.07) is 8.61. The Kier molecular flexibility index (Phi) is 3.78. The average Bonchev–Trinajstić information content (AvgIpc) is 2.92. The smallest absolute Gasteiger partial charge is 0.405 e. The van der Waals surface area contributed by atoms with Gasteiger partial charge in [-0.05, 0) is 17.7 Å². The summed E-state index contributed by atoms with van der Waals surface area (Å²) in [7, 11) is 0. The summed E-state index contributed by atoms with van der Waals surface area (Å²) in [5, 5.41) is 20.0. The number of H-pyrrole nitrogens is 1. The van der Waals surface area contributed by atoms with Gasteiger partial charge < -0.3 is 15.4 Å². The topological polar surface area (TPSA) is 102 Å². The molecule has 0 saturated heterocycles. The third kappa shape index (κ3) is 3.33. The van der Waals surface area contributed by atoms with Crippen molar-refractivity contribution in [2.45, 2.75) is 12.5 Å². The van der Waals surface area contributed by atoms with Crippen molar-refractivity contribution in [2.75, 3.05) is 0 Å². The van der Waals surface area contributed by atoms with E-state index in [1.807, 2.05) is 6.07 Å². The summed E-state index contributed by atoms with van der Waals surface area (Å²) in [5.41, 5.74) is 1.50. The van der Waals surface area contributed by atoms with Crippen LogP contribution in [-0.2, 0) is 6.42 Å². The second-order valence-electron chi connectivity index (χ2n) is 3.99. The van der Waals surface area contributed by atoms with E-state index < -0.39 is 12.1 Å².